The number of benzene rings is 2. The van der Waals surface area contributed by atoms with Crippen molar-refractivity contribution in [1.82, 2.24) is 0 Å². The average Bonchev–Trinajstić information content (AvgIpc) is 2.91. The monoisotopic (exact) mass is 541 g/mol. The molecule has 4 heteroatoms. The second-order valence-corrected chi connectivity index (χ2v) is 8.68. The van der Waals surface area contributed by atoms with E-state index in [0.29, 0.717) is 0 Å². The SMILES string of the molecule is C.C.C.C.CC[NH+](C)CC.CC[NH+](C)CC.CC[NH+](CC)c1ccccc1.CC[NH+](CC)c1ccccc1. The molecule has 38 heavy (non-hydrogen) atoms. The molecule has 4 N–H and O–H groups in total. The standard InChI is InChI=1S/2C10H15N.2C5H13N.4CH4/c2*1-3-11(4-2)10-8-6-5-7-9-10;2*1-4-6(3)5-2;;;;/h2*5-9H,3-4H2,1-2H3;2*4-5H2,1-3H3;4*1H4/p+4. The Morgan fingerprint density at radius 2 is 0.579 bits per heavy atom. The molecule has 0 amide bonds. The Balaban J connectivity index is -0.0000000902. The van der Waals surface area contributed by atoms with Crippen molar-refractivity contribution in [1.29, 1.82) is 0 Å². The molecule has 228 valence electrons. The van der Waals surface area contributed by atoms with E-state index in [1.165, 1.54) is 63.7 Å². The highest BCUT2D eigenvalue weighted by Crippen LogP contribution is 1.98. The van der Waals surface area contributed by atoms with E-state index in [0.717, 1.165) is 0 Å². The summed E-state index contributed by atoms with van der Waals surface area (Å²) in [6.07, 6.45) is 0. The van der Waals surface area contributed by atoms with Crippen LogP contribution in [0.4, 0.5) is 11.4 Å². The van der Waals surface area contributed by atoms with Crippen LogP contribution in [-0.4, -0.2) is 66.5 Å². The lowest BCUT2D eigenvalue weighted by Crippen LogP contribution is -3.08. The van der Waals surface area contributed by atoms with E-state index in [9.17, 15) is 0 Å². The molecule has 0 heterocycles. The second-order valence-electron chi connectivity index (χ2n) is 8.68. The van der Waals surface area contributed by atoms with E-state index < -0.39 is 0 Å². The third-order valence-electron chi connectivity index (χ3n) is 6.49. The van der Waals surface area contributed by atoms with Crippen molar-refractivity contribution in [2.75, 3.05) is 66.5 Å². The van der Waals surface area contributed by atoms with Crippen LogP contribution in [0, 0.1) is 0 Å². The third-order valence-corrected chi connectivity index (χ3v) is 6.49. The predicted octanol–water partition coefficient (Wildman–Crippen LogP) is 4.11. The summed E-state index contributed by atoms with van der Waals surface area (Å²) in [5.74, 6) is 0. The van der Waals surface area contributed by atoms with Gasteiger partial charge in [-0.25, -0.2) is 0 Å². The van der Waals surface area contributed by atoms with Crippen LogP contribution < -0.4 is 19.6 Å². The summed E-state index contributed by atoms with van der Waals surface area (Å²) in [5, 5.41) is 0. The van der Waals surface area contributed by atoms with Gasteiger partial charge in [-0.15, -0.1) is 0 Å². The molecule has 4 nitrogen and oxygen atoms in total. The zero-order valence-electron chi connectivity index (χ0n) is 24.4. The Morgan fingerprint density at radius 1 is 0.368 bits per heavy atom. The van der Waals surface area contributed by atoms with Crippen LogP contribution in [0.5, 0.6) is 0 Å². The van der Waals surface area contributed by atoms with Gasteiger partial charge in [0.25, 0.3) is 0 Å². The number of hydrogen-bond acceptors (Lipinski definition) is 0. The lowest BCUT2D eigenvalue weighted by molar-refractivity contribution is -0.875. The number of para-hydroxylation sites is 2. The van der Waals surface area contributed by atoms with Crippen molar-refractivity contribution in [3.8, 4) is 0 Å². The first kappa shape index (κ1) is 49.3. The Bertz CT molecular complexity index is 560. The van der Waals surface area contributed by atoms with Gasteiger partial charge < -0.3 is 19.6 Å². The summed E-state index contributed by atoms with van der Waals surface area (Å²) in [4.78, 5) is 6.28. The molecule has 0 atom stereocenters. The first-order chi connectivity index (χ1) is 16.4. The minimum atomic E-state index is 0. The molecule has 0 saturated heterocycles. The molecule has 0 aliphatic heterocycles. The molecule has 0 unspecified atom stereocenters. The zero-order chi connectivity index (χ0) is 26.2. The molecular weight excluding hydrogens is 464 g/mol. The minimum absolute atomic E-state index is 0. The van der Waals surface area contributed by atoms with Gasteiger partial charge in [0.15, 0.2) is 0 Å². The van der Waals surface area contributed by atoms with Gasteiger partial charge in [0, 0.05) is 0 Å². The lowest BCUT2D eigenvalue weighted by atomic mass is 10.3. The van der Waals surface area contributed by atoms with Crippen molar-refractivity contribution in [2.24, 2.45) is 0 Å². The normalized spacial score (nSPS) is 9.21. The smallest absolute Gasteiger partial charge is 0.131 e. The van der Waals surface area contributed by atoms with E-state index in [2.05, 4.69) is 130 Å². The first-order valence-electron chi connectivity index (χ1n) is 13.8. The molecular formula is C34H76N4+4. The van der Waals surface area contributed by atoms with Gasteiger partial charge in [0.1, 0.15) is 11.4 Å². The number of rotatable bonds is 10. The fraction of sp³-hybridized carbons (Fsp3) is 0.647. The summed E-state index contributed by atoms with van der Waals surface area (Å²) in [5.41, 5.74) is 2.80. The van der Waals surface area contributed by atoms with Crippen LogP contribution in [0.25, 0.3) is 0 Å². The lowest BCUT2D eigenvalue weighted by Gasteiger charge is -2.13. The molecule has 2 aromatic carbocycles. The Kier molecular flexibility index (Phi) is 45.7. The van der Waals surface area contributed by atoms with E-state index in [-0.39, 0.29) is 29.7 Å². The van der Waals surface area contributed by atoms with Gasteiger partial charge in [-0.2, -0.15) is 0 Å². The molecule has 0 radical (unpaired) electrons. The van der Waals surface area contributed by atoms with Gasteiger partial charge in [-0.3, -0.25) is 0 Å². The fourth-order valence-electron chi connectivity index (χ4n) is 3.16. The molecule has 0 aromatic heterocycles. The maximum absolute atomic E-state index is 2.21. The van der Waals surface area contributed by atoms with Crippen LogP contribution in [0.1, 0.15) is 85.1 Å². The summed E-state index contributed by atoms with van der Waals surface area (Å²) in [6, 6.07) is 21.2. The van der Waals surface area contributed by atoms with E-state index >= 15 is 0 Å². The van der Waals surface area contributed by atoms with Crippen LogP contribution in [0.15, 0.2) is 60.7 Å². The Hall–Kier alpha value is -1.72. The van der Waals surface area contributed by atoms with E-state index in [1.54, 1.807) is 19.6 Å². The molecule has 0 aliphatic carbocycles. The summed E-state index contributed by atoms with van der Waals surface area (Å²) < 4.78 is 0. The molecule has 2 rings (SSSR count). The maximum Gasteiger partial charge on any atom is 0.131 e. The third kappa shape index (κ3) is 25.9. The highest BCUT2D eigenvalue weighted by atomic mass is 15.1. The van der Waals surface area contributed by atoms with Gasteiger partial charge in [-0.05, 0) is 79.7 Å². The molecule has 0 saturated carbocycles. The van der Waals surface area contributed by atoms with E-state index in [1.807, 2.05) is 0 Å². The molecule has 2 aromatic rings. The van der Waals surface area contributed by atoms with Crippen LogP contribution in [-0.2, 0) is 0 Å². The second kappa shape index (κ2) is 35.3. The average molecular weight is 541 g/mol. The highest BCUT2D eigenvalue weighted by molar-refractivity contribution is 5.28. The first-order valence-corrected chi connectivity index (χ1v) is 13.8. The van der Waals surface area contributed by atoms with Crippen molar-refractivity contribution < 1.29 is 19.6 Å². The number of quaternary nitrogens is 4. The van der Waals surface area contributed by atoms with Crippen LogP contribution in [0.3, 0.4) is 0 Å². The number of nitrogens with one attached hydrogen (secondary N) is 4. The predicted molar refractivity (Wildman–Crippen MR) is 179 cm³/mol. The van der Waals surface area contributed by atoms with Gasteiger partial charge in [-0.1, -0.05) is 66.1 Å². The van der Waals surface area contributed by atoms with Crippen molar-refractivity contribution >= 4 is 11.4 Å². The summed E-state index contributed by atoms with van der Waals surface area (Å²) in [7, 11) is 4.39. The Labute approximate surface area is 243 Å². The van der Waals surface area contributed by atoms with Crippen LogP contribution in [0.2, 0.25) is 0 Å². The van der Waals surface area contributed by atoms with Gasteiger partial charge in [0.2, 0.25) is 0 Å². The summed E-state index contributed by atoms with van der Waals surface area (Å²) >= 11 is 0. The Morgan fingerprint density at radius 3 is 0.711 bits per heavy atom. The summed E-state index contributed by atoms with van der Waals surface area (Å²) in [6.45, 7) is 27.3. The zero-order valence-corrected chi connectivity index (χ0v) is 24.4. The largest absolute Gasteiger partial charge is 0.338 e. The van der Waals surface area contributed by atoms with E-state index in [4.69, 9.17) is 0 Å². The topological polar surface area (TPSA) is 17.8 Å². The van der Waals surface area contributed by atoms with Crippen LogP contribution >= 0.6 is 0 Å². The maximum atomic E-state index is 2.21. The van der Waals surface area contributed by atoms with Crippen molar-refractivity contribution in [3.63, 3.8) is 0 Å². The highest BCUT2D eigenvalue weighted by Gasteiger charge is 2.04. The molecule has 0 spiro atoms. The number of hydrogen-bond donors (Lipinski definition) is 4. The van der Waals surface area contributed by atoms with Gasteiger partial charge >= 0.3 is 0 Å². The minimum Gasteiger partial charge on any atom is -0.338 e. The quantitative estimate of drug-likeness (QED) is 0.348. The van der Waals surface area contributed by atoms with Crippen molar-refractivity contribution in [2.45, 2.75) is 85.1 Å². The van der Waals surface area contributed by atoms with Crippen molar-refractivity contribution in [3.05, 3.63) is 60.7 Å². The molecule has 0 bridgehead atoms. The van der Waals surface area contributed by atoms with Gasteiger partial charge in [0.05, 0.1) is 66.5 Å². The fourth-order valence-corrected chi connectivity index (χ4v) is 3.16. The molecule has 0 fully saturated rings. The molecule has 0 aliphatic rings.